The molecule has 0 fully saturated rings. The van der Waals surface area contributed by atoms with Gasteiger partial charge in [-0.3, -0.25) is 0 Å². The van der Waals surface area contributed by atoms with Gasteiger partial charge in [0.25, 0.3) is 0 Å². The minimum atomic E-state index is -0.170. The van der Waals surface area contributed by atoms with Crippen LogP contribution in [0.1, 0.15) is 26.3 Å². The van der Waals surface area contributed by atoms with E-state index in [0.29, 0.717) is 18.0 Å². The van der Waals surface area contributed by atoms with Crippen molar-refractivity contribution in [2.24, 2.45) is 5.92 Å². The van der Waals surface area contributed by atoms with Crippen molar-refractivity contribution < 1.29 is 4.39 Å². The molecule has 0 spiro atoms. The molecule has 1 rings (SSSR count). The number of hydrogen-bond acceptors (Lipinski definition) is 2. The van der Waals surface area contributed by atoms with Crippen molar-refractivity contribution in [1.29, 1.82) is 0 Å². The molecule has 0 aliphatic heterocycles. The Balaban J connectivity index is 2.42. The molecule has 2 unspecified atom stereocenters. The maximum absolute atomic E-state index is 12.8. The normalized spacial score (nSPS) is 14.9. The van der Waals surface area contributed by atoms with Gasteiger partial charge in [0.1, 0.15) is 5.82 Å². The first kappa shape index (κ1) is 16.1. The van der Waals surface area contributed by atoms with Crippen molar-refractivity contribution >= 4 is 0 Å². The van der Waals surface area contributed by atoms with Gasteiger partial charge in [0.15, 0.2) is 0 Å². The molecular formula is C16H27FN2. The van der Waals surface area contributed by atoms with Crippen LogP contribution in [0, 0.1) is 11.7 Å². The van der Waals surface area contributed by atoms with Gasteiger partial charge in [0, 0.05) is 18.6 Å². The van der Waals surface area contributed by atoms with Crippen molar-refractivity contribution in [2.45, 2.75) is 39.3 Å². The smallest absolute Gasteiger partial charge is 0.123 e. The molecule has 0 bridgehead atoms. The van der Waals surface area contributed by atoms with E-state index in [9.17, 15) is 4.39 Å². The summed E-state index contributed by atoms with van der Waals surface area (Å²) in [5, 5.41) is 3.57. The van der Waals surface area contributed by atoms with E-state index in [4.69, 9.17) is 0 Å². The highest BCUT2D eigenvalue weighted by atomic mass is 19.1. The van der Waals surface area contributed by atoms with Gasteiger partial charge in [-0.05, 0) is 51.1 Å². The minimum absolute atomic E-state index is 0.170. The highest BCUT2D eigenvalue weighted by molar-refractivity contribution is 5.16. The highest BCUT2D eigenvalue weighted by Crippen LogP contribution is 2.08. The molecule has 0 heterocycles. The molecular weight excluding hydrogens is 239 g/mol. The number of halogens is 1. The van der Waals surface area contributed by atoms with Crippen LogP contribution in [0.3, 0.4) is 0 Å². The molecule has 1 N–H and O–H groups in total. The third kappa shape index (κ3) is 5.70. The van der Waals surface area contributed by atoms with Gasteiger partial charge in [-0.15, -0.1) is 0 Å². The van der Waals surface area contributed by atoms with Gasteiger partial charge in [-0.25, -0.2) is 4.39 Å². The van der Waals surface area contributed by atoms with Crippen molar-refractivity contribution in [3.8, 4) is 0 Å². The molecule has 0 aliphatic carbocycles. The number of nitrogens with zero attached hydrogens (tertiary/aromatic N) is 1. The Morgan fingerprint density at radius 3 is 2.16 bits per heavy atom. The first-order valence-corrected chi connectivity index (χ1v) is 7.04. The fraction of sp³-hybridized carbons (Fsp3) is 0.625. The number of benzene rings is 1. The lowest BCUT2D eigenvalue weighted by Crippen LogP contribution is -2.44. The third-order valence-electron chi connectivity index (χ3n) is 3.56. The fourth-order valence-corrected chi connectivity index (χ4v) is 2.38. The van der Waals surface area contributed by atoms with Crippen LogP contribution in [0.25, 0.3) is 0 Å². The van der Waals surface area contributed by atoms with E-state index in [-0.39, 0.29) is 5.82 Å². The van der Waals surface area contributed by atoms with Crippen molar-refractivity contribution in [2.75, 3.05) is 20.6 Å². The third-order valence-corrected chi connectivity index (χ3v) is 3.56. The molecule has 0 amide bonds. The van der Waals surface area contributed by atoms with E-state index in [1.807, 2.05) is 12.1 Å². The van der Waals surface area contributed by atoms with Gasteiger partial charge in [-0.1, -0.05) is 26.0 Å². The number of hydrogen-bond donors (Lipinski definition) is 1. The summed E-state index contributed by atoms with van der Waals surface area (Å²) in [6.45, 7) is 7.65. The molecule has 19 heavy (non-hydrogen) atoms. The zero-order valence-electron chi connectivity index (χ0n) is 12.8. The second kappa shape index (κ2) is 7.61. The van der Waals surface area contributed by atoms with E-state index in [1.165, 1.54) is 17.7 Å². The first-order valence-electron chi connectivity index (χ1n) is 7.04. The van der Waals surface area contributed by atoms with E-state index in [0.717, 1.165) is 13.0 Å². The van der Waals surface area contributed by atoms with E-state index in [1.54, 1.807) is 0 Å². The summed E-state index contributed by atoms with van der Waals surface area (Å²) in [4.78, 5) is 2.27. The molecule has 0 saturated heterocycles. The second-order valence-electron chi connectivity index (χ2n) is 5.91. The van der Waals surface area contributed by atoms with Gasteiger partial charge in [0.2, 0.25) is 0 Å². The van der Waals surface area contributed by atoms with Gasteiger partial charge < -0.3 is 10.2 Å². The molecule has 0 aromatic heterocycles. The maximum Gasteiger partial charge on any atom is 0.123 e. The van der Waals surface area contributed by atoms with Crippen LogP contribution >= 0.6 is 0 Å². The average Bonchev–Trinajstić information content (AvgIpc) is 2.31. The van der Waals surface area contributed by atoms with Crippen LogP contribution in [0.5, 0.6) is 0 Å². The van der Waals surface area contributed by atoms with Crippen molar-refractivity contribution in [3.63, 3.8) is 0 Å². The average molecular weight is 266 g/mol. The lowest BCUT2D eigenvalue weighted by atomic mass is 10.0. The predicted molar refractivity (Wildman–Crippen MR) is 79.9 cm³/mol. The summed E-state index contributed by atoms with van der Waals surface area (Å²) >= 11 is 0. The molecule has 2 atom stereocenters. The van der Waals surface area contributed by atoms with E-state index >= 15 is 0 Å². The molecule has 1 aromatic carbocycles. The minimum Gasteiger partial charge on any atom is -0.312 e. The number of likely N-dealkylation sites (N-methyl/N-ethyl adjacent to an activating group) is 1. The highest BCUT2D eigenvalue weighted by Gasteiger charge is 2.16. The van der Waals surface area contributed by atoms with Crippen LogP contribution in [-0.2, 0) is 6.42 Å². The Morgan fingerprint density at radius 2 is 1.68 bits per heavy atom. The van der Waals surface area contributed by atoms with Gasteiger partial charge >= 0.3 is 0 Å². The largest absolute Gasteiger partial charge is 0.312 e. The van der Waals surface area contributed by atoms with Crippen LogP contribution in [0.2, 0.25) is 0 Å². The summed E-state index contributed by atoms with van der Waals surface area (Å²) in [7, 11) is 4.24. The maximum atomic E-state index is 12.8. The Kier molecular flexibility index (Phi) is 6.46. The molecule has 3 heteroatoms. The zero-order valence-corrected chi connectivity index (χ0v) is 12.8. The number of nitrogens with one attached hydrogen (secondary N) is 1. The fourth-order valence-electron chi connectivity index (χ4n) is 2.38. The van der Waals surface area contributed by atoms with Crippen LogP contribution in [-0.4, -0.2) is 37.6 Å². The monoisotopic (exact) mass is 266 g/mol. The standard InChI is InChI=1S/C16H27FN2/c1-12(2)16(19(4)5)11-18-13(3)10-14-6-8-15(17)9-7-14/h6-9,12-13,16,18H,10-11H2,1-5H3. The topological polar surface area (TPSA) is 15.3 Å². The van der Waals surface area contributed by atoms with E-state index in [2.05, 4.69) is 45.1 Å². The summed E-state index contributed by atoms with van der Waals surface area (Å²) in [6, 6.07) is 7.71. The van der Waals surface area contributed by atoms with Crippen molar-refractivity contribution in [3.05, 3.63) is 35.6 Å². The Morgan fingerprint density at radius 1 is 1.11 bits per heavy atom. The number of rotatable bonds is 7. The quantitative estimate of drug-likeness (QED) is 0.816. The van der Waals surface area contributed by atoms with Gasteiger partial charge in [-0.2, -0.15) is 0 Å². The summed E-state index contributed by atoms with van der Waals surface area (Å²) < 4.78 is 12.8. The van der Waals surface area contributed by atoms with Crippen molar-refractivity contribution in [1.82, 2.24) is 10.2 Å². The van der Waals surface area contributed by atoms with Crippen LogP contribution < -0.4 is 5.32 Å². The molecule has 108 valence electrons. The Labute approximate surface area is 117 Å². The summed E-state index contributed by atoms with van der Waals surface area (Å²) in [6.07, 6.45) is 0.929. The Bertz CT molecular complexity index is 352. The molecule has 2 nitrogen and oxygen atoms in total. The van der Waals surface area contributed by atoms with Crippen LogP contribution in [0.15, 0.2) is 24.3 Å². The molecule has 0 radical (unpaired) electrons. The van der Waals surface area contributed by atoms with E-state index < -0.39 is 0 Å². The molecule has 1 aromatic rings. The summed E-state index contributed by atoms with van der Waals surface area (Å²) in [5.41, 5.74) is 1.17. The van der Waals surface area contributed by atoms with Gasteiger partial charge in [0.05, 0.1) is 0 Å². The van der Waals surface area contributed by atoms with Crippen LogP contribution in [0.4, 0.5) is 4.39 Å². The Hall–Kier alpha value is -0.930. The predicted octanol–water partition coefficient (Wildman–Crippen LogP) is 2.93. The first-order chi connectivity index (χ1) is 8.90. The lowest BCUT2D eigenvalue weighted by molar-refractivity contribution is 0.219. The molecule has 0 aliphatic rings. The lowest BCUT2D eigenvalue weighted by Gasteiger charge is -2.29. The zero-order chi connectivity index (χ0) is 14.4. The SMILES string of the molecule is CC(Cc1ccc(F)cc1)NCC(C(C)C)N(C)C. The second-order valence-corrected chi connectivity index (χ2v) is 5.91. The molecule has 0 saturated carbocycles. The summed E-state index contributed by atoms with van der Waals surface area (Å²) in [5.74, 6) is 0.456.